The Morgan fingerprint density at radius 3 is 2.72 bits per heavy atom. The average molecular weight is 409 g/mol. The van der Waals surface area contributed by atoms with Gasteiger partial charge in [0, 0.05) is 12.2 Å². The predicted octanol–water partition coefficient (Wildman–Crippen LogP) is 4.12. The number of carbonyl (C=O) groups excluding carboxylic acids is 1. The summed E-state index contributed by atoms with van der Waals surface area (Å²) in [5.41, 5.74) is 2.15. The Hall–Kier alpha value is -2.80. The average Bonchev–Trinajstić information content (AvgIpc) is 3.43. The maximum atomic E-state index is 13.0. The van der Waals surface area contributed by atoms with E-state index in [4.69, 9.17) is 4.74 Å². The summed E-state index contributed by atoms with van der Waals surface area (Å²) in [6.45, 7) is 3.42. The minimum Gasteiger partial charge on any atom is -0.494 e. The molecule has 6 nitrogen and oxygen atoms in total. The molecule has 0 spiro atoms. The van der Waals surface area contributed by atoms with Crippen molar-refractivity contribution >= 4 is 17.7 Å². The van der Waals surface area contributed by atoms with Crippen LogP contribution in [0.1, 0.15) is 31.4 Å². The number of amides is 1. The Morgan fingerprint density at radius 2 is 1.97 bits per heavy atom. The molecule has 7 heteroatoms. The molecule has 1 aliphatic heterocycles. The number of likely N-dealkylation sites (tertiary alicyclic amines) is 1. The highest BCUT2D eigenvalue weighted by Gasteiger charge is 2.30. The van der Waals surface area contributed by atoms with Gasteiger partial charge in [0.05, 0.1) is 18.4 Å². The molecule has 0 N–H and O–H groups in total. The fourth-order valence-corrected chi connectivity index (χ4v) is 4.48. The Morgan fingerprint density at radius 1 is 1.17 bits per heavy atom. The zero-order valence-electron chi connectivity index (χ0n) is 16.4. The summed E-state index contributed by atoms with van der Waals surface area (Å²) in [7, 11) is 0. The standard InChI is InChI=1S/C22H24N4O2S/c1-2-28-19-12-10-17(11-13-19)20-9-6-14-25(20)21(27)15-29-22-24-23-16-26(22)18-7-4-3-5-8-18/h3-5,7-8,10-13,16,20H,2,6,9,14-15H2,1H3/t20-/m0/s1. The fourth-order valence-electron chi connectivity index (χ4n) is 3.66. The third kappa shape index (κ3) is 4.45. The lowest BCUT2D eigenvalue weighted by molar-refractivity contribution is -0.129. The lowest BCUT2D eigenvalue weighted by Crippen LogP contribution is -2.32. The van der Waals surface area contributed by atoms with E-state index in [0.29, 0.717) is 12.4 Å². The Balaban J connectivity index is 1.41. The molecular formula is C22H24N4O2S. The summed E-state index contributed by atoms with van der Waals surface area (Å²) in [5.74, 6) is 1.34. The number of carbonyl (C=O) groups is 1. The van der Waals surface area contributed by atoms with E-state index in [1.165, 1.54) is 11.8 Å². The lowest BCUT2D eigenvalue weighted by Gasteiger charge is -2.25. The minimum atomic E-state index is 0.130. The topological polar surface area (TPSA) is 60.2 Å². The molecule has 0 saturated carbocycles. The largest absolute Gasteiger partial charge is 0.494 e. The summed E-state index contributed by atoms with van der Waals surface area (Å²) in [5, 5.41) is 8.93. The van der Waals surface area contributed by atoms with Crippen molar-refractivity contribution in [3.63, 3.8) is 0 Å². The molecule has 0 radical (unpaired) electrons. The van der Waals surface area contributed by atoms with E-state index in [9.17, 15) is 4.79 Å². The third-order valence-electron chi connectivity index (χ3n) is 5.02. The maximum Gasteiger partial charge on any atom is 0.233 e. The van der Waals surface area contributed by atoms with Crippen molar-refractivity contribution in [3.8, 4) is 11.4 Å². The molecule has 4 rings (SSSR count). The van der Waals surface area contributed by atoms with Crippen LogP contribution in [0.2, 0.25) is 0 Å². The zero-order chi connectivity index (χ0) is 20.1. The number of thioether (sulfide) groups is 1. The number of nitrogens with zero attached hydrogens (tertiary/aromatic N) is 4. The van der Waals surface area contributed by atoms with Gasteiger partial charge in [-0.3, -0.25) is 9.36 Å². The molecule has 2 aromatic carbocycles. The molecule has 0 aliphatic carbocycles. The molecule has 2 heterocycles. The zero-order valence-corrected chi connectivity index (χ0v) is 17.2. The second-order valence-corrected chi connectivity index (χ2v) is 7.80. The molecule has 3 aromatic rings. The van der Waals surface area contributed by atoms with Crippen LogP contribution >= 0.6 is 11.8 Å². The summed E-state index contributed by atoms with van der Waals surface area (Å²) >= 11 is 1.43. The second kappa shape index (κ2) is 9.13. The SMILES string of the molecule is CCOc1ccc([C@@H]2CCCN2C(=O)CSc2nncn2-c2ccccc2)cc1. The highest BCUT2D eigenvalue weighted by atomic mass is 32.2. The number of hydrogen-bond donors (Lipinski definition) is 0. The van der Waals surface area contributed by atoms with Gasteiger partial charge in [0.1, 0.15) is 12.1 Å². The van der Waals surface area contributed by atoms with E-state index in [1.54, 1.807) is 6.33 Å². The molecule has 29 heavy (non-hydrogen) atoms. The summed E-state index contributed by atoms with van der Waals surface area (Å²) in [6.07, 6.45) is 3.69. The maximum absolute atomic E-state index is 13.0. The molecule has 1 atom stereocenters. The Labute approximate surface area is 174 Å². The van der Waals surface area contributed by atoms with Crippen molar-refractivity contribution in [3.05, 3.63) is 66.5 Å². The smallest absolute Gasteiger partial charge is 0.233 e. The molecule has 0 bridgehead atoms. The summed E-state index contributed by atoms with van der Waals surface area (Å²) in [4.78, 5) is 15.0. The van der Waals surface area contributed by atoms with Gasteiger partial charge in [-0.25, -0.2) is 0 Å². The third-order valence-corrected chi connectivity index (χ3v) is 5.95. The highest BCUT2D eigenvalue weighted by molar-refractivity contribution is 7.99. The minimum absolute atomic E-state index is 0.130. The molecule has 1 amide bonds. The number of hydrogen-bond acceptors (Lipinski definition) is 5. The predicted molar refractivity (Wildman–Crippen MR) is 113 cm³/mol. The number of aromatic nitrogens is 3. The van der Waals surface area contributed by atoms with Gasteiger partial charge in [0.2, 0.25) is 5.91 Å². The first-order valence-electron chi connectivity index (χ1n) is 9.86. The first kappa shape index (κ1) is 19.5. The number of rotatable bonds is 7. The number of ether oxygens (including phenoxy) is 1. The Bertz CT molecular complexity index is 943. The van der Waals surface area contributed by atoms with Crippen molar-refractivity contribution in [2.45, 2.75) is 31.0 Å². The highest BCUT2D eigenvalue weighted by Crippen LogP contribution is 2.33. The molecule has 1 fully saturated rings. The summed E-state index contributed by atoms with van der Waals surface area (Å²) in [6, 6.07) is 18.1. The van der Waals surface area contributed by atoms with E-state index < -0.39 is 0 Å². The Kier molecular flexibility index (Phi) is 6.14. The van der Waals surface area contributed by atoms with Crippen LogP contribution in [0, 0.1) is 0 Å². The molecule has 1 aromatic heterocycles. The first-order valence-corrected chi connectivity index (χ1v) is 10.9. The first-order chi connectivity index (χ1) is 14.3. The van der Waals surface area contributed by atoms with Crippen molar-refractivity contribution in [1.29, 1.82) is 0 Å². The van der Waals surface area contributed by atoms with E-state index in [0.717, 1.165) is 41.5 Å². The second-order valence-electron chi connectivity index (χ2n) is 6.85. The van der Waals surface area contributed by atoms with Gasteiger partial charge < -0.3 is 9.64 Å². The van der Waals surface area contributed by atoms with Crippen LogP contribution in [0.25, 0.3) is 5.69 Å². The van der Waals surface area contributed by atoms with E-state index in [2.05, 4.69) is 22.3 Å². The van der Waals surface area contributed by atoms with Crippen molar-refractivity contribution < 1.29 is 9.53 Å². The molecular weight excluding hydrogens is 384 g/mol. The van der Waals surface area contributed by atoms with E-state index in [-0.39, 0.29) is 11.9 Å². The van der Waals surface area contributed by atoms with Crippen LogP contribution in [0.15, 0.2) is 66.1 Å². The van der Waals surface area contributed by atoms with Crippen molar-refractivity contribution in [2.75, 3.05) is 18.9 Å². The monoisotopic (exact) mass is 408 g/mol. The van der Waals surface area contributed by atoms with Crippen LogP contribution in [-0.2, 0) is 4.79 Å². The van der Waals surface area contributed by atoms with Crippen LogP contribution in [-0.4, -0.2) is 44.5 Å². The van der Waals surface area contributed by atoms with Gasteiger partial charge in [-0.2, -0.15) is 0 Å². The van der Waals surface area contributed by atoms with Gasteiger partial charge >= 0.3 is 0 Å². The van der Waals surface area contributed by atoms with E-state index >= 15 is 0 Å². The molecule has 1 saturated heterocycles. The number of para-hydroxylation sites is 1. The van der Waals surface area contributed by atoms with Crippen LogP contribution in [0.3, 0.4) is 0 Å². The lowest BCUT2D eigenvalue weighted by atomic mass is 10.0. The van der Waals surface area contributed by atoms with Gasteiger partial charge in [-0.05, 0) is 49.6 Å². The van der Waals surface area contributed by atoms with Gasteiger partial charge in [0.15, 0.2) is 5.16 Å². The quantitative estimate of drug-likeness (QED) is 0.551. The van der Waals surface area contributed by atoms with Gasteiger partial charge in [-0.1, -0.05) is 42.1 Å². The van der Waals surface area contributed by atoms with Crippen molar-refractivity contribution in [1.82, 2.24) is 19.7 Å². The van der Waals surface area contributed by atoms with Crippen LogP contribution < -0.4 is 4.74 Å². The molecule has 0 unspecified atom stereocenters. The number of benzene rings is 2. The van der Waals surface area contributed by atoms with Crippen molar-refractivity contribution in [2.24, 2.45) is 0 Å². The fraction of sp³-hybridized carbons (Fsp3) is 0.318. The normalized spacial score (nSPS) is 16.2. The summed E-state index contributed by atoms with van der Waals surface area (Å²) < 4.78 is 7.43. The van der Waals surface area contributed by atoms with E-state index in [1.807, 2.05) is 58.9 Å². The molecule has 1 aliphatic rings. The van der Waals surface area contributed by atoms with Crippen LogP contribution in [0.5, 0.6) is 5.75 Å². The molecule has 150 valence electrons. The van der Waals surface area contributed by atoms with Crippen LogP contribution in [0.4, 0.5) is 0 Å². The van der Waals surface area contributed by atoms with Gasteiger partial charge in [0.25, 0.3) is 0 Å². The van der Waals surface area contributed by atoms with Gasteiger partial charge in [-0.15, -0.1) is 10.2 Å².